The molecule has 0 radical (unpaired) electrons. The number of benzene rings is 2. The summed E-state index contributed by atoms with van der Waals surface area (Å²) in [4.78, 5) is 3.71. The minimum absolute atomic E-state index is 0.149. The third-order valence-electron chi connectivity index (χ3n) is 5.10. The summed E-state index contributed by atoms with van der Waals surface area (Å²) in [5.41, 5.74) is 9.10. The van der Waals surface area contributed by atoms with Gasteiger partial charge in [0.2, 0.25) is 0 Å². The molecule has 0 amide bonds. The predicted octanol–water partition coefficient (Wildman–Crippen LogP) is 4.34. The number of ether oxygens (including phenoxy) is 1. The van der Waals surface area contributed by atoms with Crippen molar-refractivity contribution in [3.8, 4) is 5.75 Å². The second kappa shape index (κ2) is 5.67. The minimum Gasteiger partial charge on any atom is -0.496 e. The fraction of sp³-hybridized carbons (Fsp3) is 0.333. The van der Waals surface area contributed by atoms with Crippen molar-refractivity contribution in [2.45, 2.75) is 33.2 Å². The Hall–Kier alpha value is -2.26. The first kappa shape index (κ1) is 15.3. The van der Waals surface area contributed by atoms with E-state index in [1.54, 1.807) is 7.11 Å². The summed E-state index contributed by atoms with van der Waals surface area (Å²) in [5.74, 6) is 0.942. The Morgan fingerprint density at radius 2 is 1.88 bits per heavy atom. The Morgan fingerprint density at radius 3 is 2.67 bits per heavy atom. The quantitative estimate of drug-likeness (QED) is 0.737. The van der Waals surface area contributed by atoms with Crippen molar-refractivity contribution in [1.29, 1.82) is 0 Å². The van der Waals surface area contributed by atoms with Gasteiger partial charge in [-0.2, -0.15) is 0 Å². The Morgan fingerprint density at radius 1 is 1.04 bits per heavy atom. The molecule has 0 spiro atoms. The number of fused-ring (bicyclic) bond motifs is 3. The normalized spacial score (nSPS) is 17.1. The SMILES string of the molecule is COc1ccc(C)cc1C1NCCc2c1[nH]c1c(C)cc(C)cc21. The number of hydrogen-bond donors (Lipinski definition) is 2. The Labute approximate surface area is 143 Å². The minimum atomic E-state index is 0.149. The number of methoxy groups -OCH3 is 1. The van der Waals surface area contributed by atoms with Crippen molar-refractivity contribution < 1.29 is 4.74 Å². The summed E-state index contributed by atoms with van der Waals surface area (Å²) in [6.45, 7) is 7.47. The molecule has 1 aliphatic rings. The Bertz CT molecular complexity index is 923. The zero-order chi connectivity index (χ0) is 16.8. The van der Waals surface area contributed by atoms with E-state index in [9.17, 15) is 0 Å². The summed E-state index contributed by atoms with van der Waals surface area (Å²) >= 11 is 0. The van der Waals surface area contributed by atoms with Gasteiger partial charge < -0.3 is 15.0 Å². The monoisotopic (exact) mass is 320 g/mol. The van der Waals surface area contributed by atoms with Gasteiger partial charge in [0.25, 0.3) is 0 Å². The van der Waals surface area contributed by atoms with Crippen LogP contribution < -0.4 is 10.1 Å². The van der Waals surface area contributed by atoms with Crippen LogP contribution in [0.1, 0.15) is 39.6 Å². The summed E-state index contributed by atoms with van der Waals surface area (Å²) in [6, 6.07) is 11.1. The van der Waals surface area contributed by atoms with E-state index in [4.69, 9.17) is 4.74 Å². The van der Waals surface area contributed by atoms with Crippen LogP contribution in [0, 0.1) is 20.8 Å². The standard InChI is InChI=1S/C21H24N2O/c1-12-5-6-18(24-4)17(10-12)20-21-15(7-8-22-20)16-11-13(2)9-14(3)19(16)23-21/h5-6,9-11,20,22-23H,7-8H2,1-4H3. The van der Waals surface area contributed by atoms with E-state index in [1.165, 1.54) is 44.4 Å². The molecule has 4 rings (SSSR count). The fourth-order valence-electron chi connectivity index (χ4n) is 4.03. The van der Waals surface area contributed by atoms with Crippen LogP contribution >= 0.6 is 0 Å². The van der Waals surface area contributed by atoms with Gasteiger partial charge in [0.15, 0.2) is 0 Å². The predicted molar refractivity (Wildman–Crippen MR) is 99.1 cm³/mol. The first-order valence-electron chi connectivity index (χ1n) is 8.58. The van der Waals surface area contributed by atoms with Crippen molar-refractivity contribution in [3.63, 3.8) is 0 Å². The molecule has 1 aliphatic heterocycles. The van der Waals surface area contributed by atoms with Crippen molar-refractivity contribution >= 4 is 10.9 Å². The average Bonchev–Trinajstić information content (AvgIpc) is 2.94. The summed E-state index contributed by atoms with van der Waals surface area (Å²) in [6.07, 6.45) is 1.06. The maximum Gasteiger partial charge on any atom is 0.124 e. The Kier molecular flexibility index (Phi) is 3.61. The summed E-state index contributed by atoms with van der Waals surface area (Å²) in [5, 5.41) is 5.05. The van der Waals surface area contributed by atoms with E-state index in [-0.39, 0.29) is 6.04 Å². The van der Waals surface area contributed by atoms with Crippen LogP contribution in [-0.2, 0) is 6.42 Å². The van der Waals surface area contributed by atoms with Gasteiger partial charge in [-0.25, -0.2) is 0 Å². The summed E-state index contributed by atoms with van der Waals surface area (Å²) < 4.78 is 5.63. The first-order valence-corrected chi connectivity index (χ1v) is 8.58. The zero-order valence-corrected chi connectivity index (χ0v) is 14.8. The van der Waals surface area contributed by atoms with Crippen molar-refractivity contribution in [2.75, 3.05) is 13.7 Å². The highest BCUT2D eigenvalue weighted by Crippen LogP contribution is 2.38. The van der Waals surface area contributed by atoms with Gasteiger partial charge in [-0.1, -0.05) is 29.3 Å². The maximum atomic E-state index is 5.63. The second-order valence-corrected chi connectivity index (χ2v) is 6.90. The molecule has 2 N–H and O–H groups in total. The molecule has 2 aromatic carbocycles. The van der Waals surface area contributed by atoms with Gasteiger partial charge in [-0.3, -0.25) is 0 Å². The lowest BCUT2D eigenvalue weighted by Crippen LogP contribution is -2.30. The van der Waals surface area contributed by atoms with E-state index in [1.807, 2.05) is 0 Å². The first-order chi connectivity index (χ1) is 11.6. The van der Waals surface area contributed by atoms with E-state index in [2.05, 4.69) is 61.4 Å². The van der Waals surface area contributed by atoms with Gasteiger partial charge in [-0.05, 0) is 50.5 Å². The number of hydrogen-bond acceptors (Lipinski definition) is 2. The van der Waals surface area contributed by atoms with Crippen LogP contribution in [-0.4, -0.2) is 18.6 Å². The number of aromatic nitrogens is 1. The van der Waals surface area contributed by atoms with E-state index < -0.39 is 0 Å². The largest absolute Gasteiger partial charge is 0.496 e. The number of rotatable bonds is 2. The number of nitrogens with one attached hydrogen (secondary N) is 2. The van der Waals surface area contributed by atoms with Crippen LogP contribution in [0.4, 0.5) is 0 Å². The molecule has 0 saturated heterocycles. The topological polar surface area (TPSA) is 37.0 Å². The number of H-pyrrole nitrogens is 1. The van der Waals surface area contributed by atoms with E-state index in [0.717, 1.165) is 18.7 Å². The molecule has 3 nitrogen and oxygen atoms in total. The Balaban J connectivity index is 1.94. The van der Waals surface area contributed by atoms with Gasteiger partial charge in [0, 0.05) is 28.7 Å². The fourth-order valence-corrected chi connectivity index (χ4v) is 4.03. The molecule has 0 fully saturated rings. The van der Waals surface area contributed by atoms with Crippen molar-refractivity contribution in [1.82, 2.24) is 10.3 Å². The highest BCUT2D eigenvalue weighted by Gasteiger charge is 2.27. The van der Waals surface area contributed by atoms with Gasteiger partial charge in [0.1, 0.15) is 5.75 Å². The molecule has 3 aromatic rings. The third-order valence-corrected chi connectivity index (χ3v) is 5.10. The van der Waals surface area contributed by atoms with Crippen LogP contribution in [0.2, 0.25) is 0 Å². The lowest BCUT2D eigenvalue weighted by Gasteiger charge is -2.26. The highest BCUT2D eigenvalue weighted by atomic mass is 16.5. The molecule has 0 bridgehead atoms. The highest BCUT2D eigenvalue weighted by molar-refractivity contribution is 5.88. The number of aromatic amines is 1. The molecule has 3 heteroatoms. The molecule has 0 saturated carbocycles. The van der Waals surface area contributed by atoms with Crippen LogP contribution in [0.15, 0.2) is 30.3 Å². The lowest BCUT2D eigenvalue weighted by atomic mass is 9.92. The number of aryl methyl sites for hydroxylation is 3. The smallest absolute Gasteiger partial charge is 0.124 e. The molecule has 1 unspecified atom stereocenters. The lowest BCUT2D eigenvalue weighted by molar-refractivity contribution is 0.402. The van der Waals surface area contributed by atoms with Gasteiger partial charge >= 0.3 is 0 Å². The molecule has 24 heavy (non-hydrogen) atoms. The van der Waals surface area contributed by atoms with Crippen molar-refractivity contribution in [3.05, 3.63) is 63.8 Å². The molecule has 2 heterocycles. The molecule has 1 aromatic heterocycles. The average molecular weight is 320 g/mol. The van der Waals surface area contributed by atoms with Crippen molar-refractivity contribution in [2.24, 2.45) is 0 Å². The second-order valence-electron chi connectivity index (χ2n) is 6.90. The van der Waals surface area contributed by atoms with E-state index in [0.29, 0.717) is 0 Å². The summed E-state index contributed by atoms with van der Waals surface area (Å²) in [7, 11) is 1.75. The van der Waals surface area contributed by atoms with E-state index >= 15 is 0 Å². The molecular formula is C21H24N2O. The molecule has 1 atom stereocenters. The van der Waals surface area contributed by atoms with Gasteiger partial charge in [0.05, 0.1) is 13.2 Å². The molecule has 0 aliphatic carbocycles. The third kappa shape index (κ3) is 2.31. The zero-order valence-electron chi connectivity index (χ0n) is 14.8. The molecule has 124 valence electrons. The van der Waals surface area contributed by atoms with Gasteiger partial charge in [-0.15, -0.1) is 0 Å². The molecular weight excluding hydrogens is 296 g/mol. The maximum absolute atomic E-state index is 5.63. The van der Waals surface area contributed by atoms with Crippen LogP contribution in [0.25, 0.3) is 10.9 Å². The van der Waals surface area contributed by atoms with Crippen LogP contribution in [0.5, 0.6) is 5.75 Å². The van der Waals surface area contributed by atoms with Crippen LogP contribution in [0.3, 0.4) is 0 Å².